The summed E-state index contributed by atoms with van der Waals surface area (Å²) >= 11 is 0. The largest absolute Gasteiger partial charge is 0.871 e. The van der Waals surface area contributed by atoms with Crippen LogP contribution in [0.15, 0.2) is 77.4 Å². The highest BCUT2D eigenvalue weighted by Gasteiger charge is 2.27. The molecule has 2 aromatic rings. The molecule has 2 aliphatic rings. The highest BCUT2D eigenvalue weighted by molar-refractivity contribution is 7.91. The van der Waals surface area contributed by atoms with Crippen molar-refractivity contribution in [3.8, 4) is 11.5 Å². The lowest BCUT2D eigenvalue weighted by molar-refractivity contribution is -0.244. The van der Waals surface area contributed by atoms with E-state index >= 15 is 0 Å². The number of rotatable bonds is 2. The predicted octanol–water partition coefficient (Wildman–Crippen LogP) is 2.08. The molecule has 0 aromatic heterocycles. The number of Topliss-reactive ketones (excluding diaryl/α,β-unsaturated/α-hetero) is 1. The number of hydrogen-bond donors (Lipinski definition) is 0. The van der Waals surface area contributed by atoms with Crippen molar-refractivity contribution >= 4 is 21.7 Å². The van der Waals surface area contributed by atoms with Crippen LogP contribution in [0.25, 0.3) is 5.76 Å². The van der Waals surface area contributed by atoms with Crippen LogP contribution in [-0.4, -0.2) is 14.2 Å². The second kappa shape index (κ2) is 6.33. The summed E-state index contributed by atoms with van der Waals surface area (Å²) in [6.45, 7) is 0. The lowest BCUT2D eigenvalue weighted by Crippen LogP contribution is -2.22. The maximum atomic E-state index is 12.5. The van der Waals surface area contributed by atoms with Crippen molar-refractivity contribution in [3.63, 3.8) is 0 Å². The van der Waals surface area contributed by atoms with E-state index in [9.17, 15) is 18.3 Å². The fourth-order valence-corrected chi connectivity index (χ4v) is 3.66. The molecule has 0 saturated heterocycles. The van der Waals surface area contributed by atoms with Gasteiger partial charge in [0, 0.05) is 5.56 Å². The molecule has 7 nitrogen and oxygen atoms in total. The number of benzene rings is 2. The summed E-state index contributed by atoms with van der Waals surface area (Å²) in [7, 11) is -4.26. The lowest BCUT2D eigenvalue weighted by Gasteiger charge is -2.25. The van der Waals surface area contributed by atoms with Crippen molar-refractivity contribution in [2.75, 3.05) is 0 Å². The average molecular weight is 383 g/mol. The SMILES string of the molecule is O=C1/C(=C/C=CC2=C([O-])c3ccccc3OS2(=O)=O)OOc2ccccc21. The monoisotopic (exact) mass is 383 g/mol. The van der Waals surface area contributed by atoms with Crippen molar-refractivity contribution in [2.24, 2.45) is 0 Å². The van der Waals surface area contributed by atoms with Gasteiger partial charge in [-0.25, -0.2) is 0 Å². The van der Waals surface area contributed by atoms with Crippen molar-refractivity contribution in [1.82, 2.24) is 0 Å². The molecular formula is C19H11O7S-. The summed E-state index contributed by atoms with van der Waals surface area (Å²) in [6, 6.07) is 12.6. The molecule has 0 N–H and O–H groups in total. The summed E-state index contributed by atoms with van der Waals surface area (Å²) in [5, 5.41) is 12.5. The Hall–Kier alpha value is -3.52. The number of allylic oxidation sites excluding steroid dienone is 4. The van der Waals surface area contributed by atoms with Gasteiger partial charge in [0.2, 0.25) is 11.5 Å². The maximum absolute atomic E-state index is 12.5. The molecule has 0 aliphatic carbocycles. The van der Waals surface area contributed by atoms with Crippen molar-refractivity contribution in [1.29, 1.82) is 0 Å². The Kier molecular flexibility index (Phi) is 3.97. The first-order valence-electron chi connectivity index (χ1n) is 7.79. The molecule has 0 unspecified atom stereocenters. The quantitative estimate of drug-likeness (QED) is 0.444. The average Bonchev–Trinajstić information content (AvgIpc) is 2.66. The Labute approximate surface area is 154 Å². The summed E-state index contributed by atoms with van der Waals surface area (Å²) < 4.78 is 29.3. The Morgan fingerprint density at radius 1 is 0.889 bits per heavy atom. The van der Waals surface area contributed by atoms with Crippen molar-refractivity contribution < 1.29 is 32.3 Å². The molecular weight excluding hydrogens is 372 g/mol. The Bertz CT molecular complexity index is 1140. The first-order chi connectivity index (χ1) is 13.0. The Balaban J connectivity index is 1.67. The predicted molar refractivity (Wildman–Crippen MR) is 92.6 cm³/mol. The number of carbonyl (C=O) groups excluding carboxylic acids is 1. The highest BCUT2D eigenvalue weighted by atomic mass is 32.2. The van der Waals surface area contributed by atoms with Gasteiger partial charge in [0.05, 0.1) is 10.5 Å². The van der Waals surface area contributed by atoms with E-state index in [1.165, 1.54) is 24.3 Å². The second-order valence-corrected chi connectivity index (χ2v) is 7.12. The van der Waals surface area contributed by atoms with E-state index < -0.39 is 26.6 Å². The number of ketones is 1. The minimum atomic E-state index is -4.26. The topological polar surface area (TPSA) is 102 Å². The van der Waals surface area contributed by atoms with Gasteiger partial charge in [0.1, 0.15) is 5.75 Å². The molecule has 0 spiro atoms. The van der Waals surface area contributed by atoms with E-state index in [1.807, 2.05) is 0 Å². The van der Waals surface area contributed by atoms with Crippen LogP contribution in [0.4, 0.5) is 0 Å². The van der Waals surface area contributed by atoms with Crippen LogP contribution in [0.5, 0.6) is 11.5 Å². The molecule has 4 rings (SSSR count). The minimum Gasteiger partial charge on any atom is -0.871 e. The van der Waals surface area contributed by atoms with Gasteiger partial charge < -0.3 is 9.29 Å². The van der Waals surface area contributed by atoms with Gasteiger partial charge in [0.25, 0.3) is 0 Å². The van der Waals surface area contributed by atoms with E-state index in [0.717, 1.165) is 6.08 Å². The summed E-state index contributed by atoms with van der Waals surface area (Å²) in [5.41, 5.74) is 0.455. The number of para-hydroxylation sites is 2. The summed E-state index contributed by atoms with van der Waals surface area (Å²) in [5.74, 6) is -0.996. The maximum Gasteiger partial charge on any atom is 0.338 e. The Morgan fingerprint density at radius 3 is 2.33 bits per heavy atom. The van der Waals surface area contributed by atoms with Gasteiger partial charge >= 0.3 is 10.1 Å². The zero-order chi connectivity index (χ0) is 19.0. The number of hydrogen-bond acceptors (Lipinski definition) is 7. The normalized spacial score (nSPS) is 19.1. The molecule has 0 amide bonds. The van der Waals surface area contributed by atoms with E-state index in [2.05, 4.69) is 0 Å². The third-order valence-electron chi connectivity index (χ3n) is 3.90. The Morgan fingerprint density at radius 2 is 1.56 bits per heavy atom. The zero-order valence-corrected chi connectivity index (χ0v) is 14.4. The first kappa shape index (κ1) is 16.9. The molecule has 0 atom stereocenters. The van der Waals surface area contributed by atoms with Crippen LogP contribution in [0.1, 0.15) is 15.9 Å². The van der Waals surface area contributed by atoms with E-state index in [1.54, 1.807) is 36.4 Å². The third kappa shape index (κ3) is 2.96. The second-order valence-electron chi connectivity index (χ2n) is 5.61. The smallest absolute Gasteiger partial charge is 0.338 e. The van der Waals surface area contributed by atoms with Crippen LogP contribution >= 0.6 is 0 Å². The minimum absolute atomic E-state index is 0.0196. The molecule has 0 bridgehead atoms. The number of fused-ring (bicyclic) bond motifs is 2. The highest BCUT2D eigenvalue weighted by Crippen LogP contribution is 2.34. The fourth-order valence-electron chi connectivity index (χ4n) is 2.61. The fraction of sp³-hybridized carbons (Fsp3) is 0. The molecule has 136 valence electrons. The number of carbonyl (C=O) groups is 1. The standard InChI is InChI=1S/C19H12O7S/c20-18-12-6-1-3-8-14(12)24-25-16(18)10-5-11-17-19(21)13-7-2-4-9-15(13)26-27(17,22)23/h1-11,21H/p-1/b11-5?,16-10-. The van der Waals surface area contributed by atoms with Gasteiger partial charge in [-0.15, -0.1) is 0 Å². The molecule has 0 radical (unpaired) electrons. The third-order valence-corrected chi connectivity index (χ3v) is 5.16. The van der Waals surface area contributed by atoms with E-state index in [0.29, 0.717) is 5.56 Å². The van der Waals surface area contributed by atoms with Crippen LogP contribution in [0, 0.1) is 0 Å². The molecule has 27 heavy (non-hydrogen) atoms. The van der Waals surface area contributed by atoms with Crippen molar-refractivity contribution in [3.05, 3.63) is 88.6 Å². The molecule has 0 saturated carbocycles. The van der Waals surface area contributed by atoms with Crippen LogP contribution in [0.2, 0.25) is 0 Å². The summed E-state index contributed by atoms with van der Waals surface area (Å²) in [4.78, 5) is 21.7. The van der Waals surface area contributed by atoms with Crippen LogP contribution in [0.3, 0.4) is 0 Å². The molecule has 0 fully saturated rings. The van der Waals surface area contributed by atoms with Gasteiger partial charge in [-0.3, -0.25) is 14.6 Å². The molecule has 2 heterocycles. The van der Waals surface area contributed by atoms with Crippen molar-refractivity contribution in [2.45, 2.75) is 0 Å². The van der Waals surface area contributed by atoms with Gasteiger partial charge in [0.15, 0.2) is 5.75 Å². The van der Waals surface area contributed by atoms with Gasteiger partial charge in [-0.2, -0.15) is 8.42 Å². The van der Waals surface area contributed by atoms with E-state index in [-0.39, 0.29) is 22.8 Å². The van der Waals surface area contributed by atoms with E-state index in [4.69, 9.17) is 14.0 Å². The zero-order valence-electron chi connectivity index (χ0n) is 13.6. The molecule has 2 aromatic carbocycles. The van der Waals surface area contributed by atoms with Gasteiger partial charge in [-0.05, 0) is 30.4 Å². The van der Waals surface area contributed by atoms with Gasteiger partial charge in [-0.1, -0.05) is 42.2 Å². The molecule has 2 aliphatic heterocycles. The molecule has 8 heteroatoms. The lowest BCUT2D eigenvalue weighted by atomic mass is 10.1. The van der Waals surface area contributed by atoms with Crippen LogP contribution < -0.4 is 14.2 Å². The van der Waals surface area contributed by atoms with Crippen LogP contribution in [-0.2, 0) is 15.0 Å². The first-order valence-corrected chi connectivity index (χ1v) is 9.20. The summed E-state index contributed by atoms with van der Waals surface area (Å²) in [6.07, 6.45) is 3.49.